The first kappa shape index (κ1) is 13.0. The van der Waals surface area contributed by atoms with E-state index in [9.17, 15) is 0 Å². The second kappa shape index (κ2) is 6.51. The maximum absolute atomic E-state index is 6.09. The molecule has 0 aliphatic carbocycles. The lowest BCUT2D eigenvalue weighted by molar-refractivity contribution is 0.633. The average molecular weight is 244 g/mol. The van der Waals surface area contributed by atoms with Crippen molar-refractivity contribution >= 4 is 23.1 Å². The molecule has 0 spiro atoms. The number of nitrogens with two attached hydrogens (primary N) is 1. The summed E-state index contributed by atoms with van der Waals surface area (Å²) in [5.74, 6) is 1.70. The third kappa shape index (κ3) is 4.13. The van der Waals surface area contributed by atoms with Gasteiger partial charge in [0.2, 0.25) is 0 Å². The molecule has 1 aromatic rings. The fourth-order valence-electron chi connectivity index (χ4n) is 1.31. The molecule has 1 aromatic heterocycles. The number of aromatic nitrogens is 1. The molecule has 86 valence electrons. The van der Waals surface area contributed by atoms with E-state index < -0.39 is 0 Å². The van der Waals surface area contributed by atoms with Gasteiger partial charge in [-0.25, -0.2) is 4.98 Å². The molecule has 0 radical (unpaired) electrons. The van der Waals surface area contributed by atoms with E-state index >= 15 is 0 Å². The minimum Gasteiger partial charge on any atom is -0.322 e. The zero-order valence-corrected chi connectivity index (χ0v) is 11.3. The van der Waals surface area contributed by atoms with Crippen LogP contribution in [-0.2, 0) is 0 Å². The van der Waals surface area contributed by atoms with Crippen molar-refractivity contribution in [3.05, 3.63) is 16.1 Å². The van der Waals surface area contributed by atoms with E-state index in [2.05, 4.69) is 30.5 Å². The van der Waals surface area contributed by atoms with Crippen molar-refractivity contribution < 1.29 is 0 Å². The van der Waals surface area contributed by atoms with E-state index in [0.717, 1.165) is 11.4 Å². The molecule has 0 amide bonds. The Balaban J connectivity index is 2.47. The Morgan fingerprint density at radius 3 is 2.80 bits per heavy atom. The Hall–Kier alpha value is -0.0600. The molecule has 1 unspecified atom stereocenters. The van der Waals surface area contributed by atoms with Gasteiger partial charge in [0.25, 0.3) is 0 Å². The summed E-state index contributed by atoms with van der Waals surface area (Å²) < 4.78 is 0. The molecule has 0 bridgehead atoms. The molecule has 1 rings (SSSR count). The fraction of sp³-hybridized carbons (Fsp3) is 0.727. The van der Waals surface area contributed by atoms with Gasteiger partial charge in [-0.3, -0.25) is 0 Å². The highest BCUT2D eigenvalue weighted by atomic mass is 32.2. The molecular formula is C11H20N2S2. The summed E-state index contributed by atoms with van der Waals surface area (Å²) in [5, 5.41) is 3.23. The summed E-state index contributed by atoms with van der Waals surface area (Å²) in [5.41, 5.74) is 7.26. The number of thiazole rings is 1. The highest BCUT2D eigenvalue weighted by Gasteiger charge is 2.11. The van der Waals surface area contributed by atoms with Gasteiger partial charge >= 0.3 is 0 Å². The van der Waals surface area contributed by atoms with Crippen LogP contribution in [0.3, 0.4) is 0 Å². The Bertz CT molecular complexity index is 284. The van der Waals surface area contributed by atoms with Crippen LogP contribution in [0.4, 0.5) is 0 Å². The van der Waals surface area contributed by atoms with Crippen molar-refractivity contribution in [3.8, 4) is 0 Å². The Kier molecular flexibility index (Phi) is 5.64. The van der Waals surface area contributed by atoms with Crippen LogP contribution in [0.15, 0.2) is 5.38 Å². The van der Waals surface area contributed by atoms with Crippen molar-refractivity contribution in [2.75, 3.05) is 12.0 Å². The van der Waals surface area contributed by atoms with E-state index in [-0.39, 0.29) is 6.04 Å². The van der Waals surface area contributed by atoms with E-state index in [1.165, 1.54) is 17.9 Å². The summed E-state index contributed by atoms with van der Waals surface area (Å²) in [6.45, 7) is 4.33. The summed E-state index contributed by atoms with van der Waals surface area (Å²) in [6.07, 6.45) is 4.36. The number of rotatable bonds is 6. The zero-order chi connectivity index (χ0) is 11.3. The van der Waals surface area contributed by atoms with Crippen LogP contribution < -0.4 is 5.73 Å². The van der Waals surface area contributed by atoms with E-state index in [1.54, 1.807) is 11.3 Å². The smallest absolute Gasteiger partial charge is 0.110 e. The predicted molar refractivity (Wildman–Crippen MR) is 70.7 cm³/mol. The van der Waals surface area contributed by atoms with Gasteiger partial charge in [-0.1, -0.05) is 13.8 Å². The third-order valence-electron chi connectivity index (χ3n) is 2.31. The molecule has 1 heterocycles. The standard InChI is InChI=1S/C11H20N2S2/c1-8(2)10-7-15-11(13-10)9(12)5-4-6-14-3/h7-9H,4-6,12H2,1-3H3. The van der Waals surface area contributed by atoms with Crippen LogP contribution in [0.25, 0.3) is 0 Å². The first-order valence-corrected chi connectivity index (χ1v) is 7.62. The van der Waals surface area contributed by atoms with E-state index in [1.807, 2.05) is 11.8 Å². The lowest BCUT2D eigenvalue weighted by atomic mass is 10.1. The van der Waals surface area contributed by atoms with Crippen molar-refractivity contribution in [1.29, 1.82) is 0 Å². The van der Waals surface area contributed by atoms with Crippen molar-refractivity contribution in [2.24, 2.45) is 5.73 Å². The van der Waals surface area contributed by atoms with Crippen LogP contribution in [0, 0.1) is 0 Å². The van der Waals surface area contributed by atoms with Crippen LogP contribution in [0.1, 0.15) is 49.4 Å². The van der Waals surface area contributed by atoms with Gasteiger partial charge in [0.1, 0.15) is 5.01 Å². The first-order valence-electron chi connectivity index (χ1n) is 5.35. The van der Waals surface area contributed by atoms with Gasteiger partial charge in [-0.2, -0.15) is 11.8 Å². The highest BCUT2D eigenvalue weighted by molar-refractivity contribution is 7.98. The SMILES string of the molecule is CSCCCC(N)c1nc(C(C)C)cs1. The average Bonchev–Trinajstić information content (AvgIpc) is 2.66. The Morgan fingerprint density at radius 2 is 2.27 bits per heavy atom. The molecule has 2 N–H and O–H groups in total. The minimum atomic E-state index is 0.134. The monoisotopic (exact) mass is 244 g/mol. The second-order valence-corrected chi connectivity index (χ2v) is 5.88. The van der Waals surface area contributed by atoms with E-state index in [4.69, 9.17) is 5.73 Å². The van der Waals surface area contributed by atoms with Crippen LogP contribution in [0.5, 0.6) is 0 Å². The molecular weight excluding hydrogens is 224 g/mol. The number of nitrogens with zero attached hydrogens (tertiary/aromatic N) is 1. The Labute approximate surface area is 101 Å². The van der Waals surface area contributed by atoms with Gasteiger partial charge in [-0.15, -0.1) is 11.3 Å². The molecule has 0 saturated heterocycles. The molecule has 0 fully saturated rings. The van der Waals surface area contributed by atoms with Gasteiger partial charge in [0.15, 0.2) is 0 Å². The van der Waals surface area contributed by atoms with Crippen molar-refractivity contribution in [2.45, 2.75) is 38.6 Å². The summed E-state index contributed by atoms with van der Waals surface area (Å²) in [7, 11) is 0. The van der Waals surface area contributed by atoms with Crippen LogP contribution in [0.2, 0.25) is 0 Å². The quantitative estimate of drug-likeness (QED) is 0.779. The minimum absolute atomic E-state index is 0.134. The zero-order valence-electron chi connectivity index (χ0n) is 9.69. The van der Waals surface area contributed by atoms with Crippen LogP contribution >= 0.6 is 23.1 Å². The highest BCUT2D eigenvalue weighted by Crippen LogP contribution is 2.24. The predicted octanol–water partition coefficient (Wildman–Crippen LogP) is 3.41. The molecule has 4 heteroatoms. The fourth-order valence-corrected chi connectivity index (χ4v) is 2.78. The maximum Gasteiger partial charge on any atom is 0.110 e. The molecule has 1 atom stereocenters. The van der Waals surface area contributed by atoms with Gasteiger partial charge in [0.05, 0.1) is 11.7 Å². The summed E-state index contributed by atoms with van der Waals surface area (Å²) in [6, 6.07) is 0.134. The number of thioether (sulfide) groups is 1. The van der Waals surface area contributed by atoms with Crippen molar-refractivity contribution in [3.63, 3.8) is 0 Å². The molecule has 0 saturated carbocycles. The summed E-state index contributed by atoms with van der Waals surface area (Å²) in [4.78, 5) is 4.58. The van der Waals surface area contributed by atoms with Crippen molar-refractivity contribution in [1.82, 2.24) is 4.98 Å². The molecule has 15 heavy (non-hydrogen) atoms. The maximum atomic E-state index is 6.09. The lowest BCUT2D eigenvalue weighted by Crippen LogP contribution is -2.10. The van der Waals surface area contributed by atoms with Crippen LogP contribution in [-0.4, -0.2) is 17.0 Å². The first-order chi connectivity index (χ1) is 7.15. The lowest BCUT2D eigenvalue weighted by Gasteiger charge is -2.07. The van der Waals surface area contributed by atoms with Gasteiger partial charge in [0, 0.05) is 5.38 Å². The van der Waals surface area contributed by atoms with Gasteiger partial charge in [-0.05, 0) is 30.8 Å². The largest absolute Gasteiger partial charge is 0.322 e. The molecule has 2 nitrogen and oxygen atoms in total. The molecule has 0 aliphatic rings. The summed E-state index contributed by atoms with van der Waals surface area (Å²) >= 11 is 3.58. The normalized spacial score (nSPS) is 13.4. The second-order valence-electron chi connectivity index (χ2n) is 4.01. The molecule has 0 aliphatic heterocycles. The number of hydrogen-bond donors (Lipinski definition) is 1. The third-order valence-corrected chi connectivity index (χ3v) is 4.00. The Morgan fingerprint density at radius 1 is 1.53 bits per heavy atom. The van der Waals surface area contributed by atoms with Gasteiger partial charge < -0.3 is 5.73 Å². The molecule has 0 aromatic carbocycles. The number of hydrogen-bond acceptors (Lipinski definition) is 4. The van der Waals surface area contributed by atoms with E-state index in [0.29, 0.717) is 5.92 Å². The topological polar surface area (TPSA) is 38.9 Å².